The summed E-state index contributed by atoms with van der Waals surface area (Å²) in [6.45, 7) is 1.96. The van der Waals surface area contributed by atoms with E-state index in [1.807, 2.05) is 36.4 Å². The van der Waals surface area contributed by atoms with Crippen molar-refractivity contribution in [1.29, 1.82) is 0 Å². The molecule has 5 nitrogen and oxygen atoms in total. The molecular formula is C20H20N2O3. The van der Waals surface area contributed by atoms with E-state index in [1.165, 1.54) is 0 Å². The van der Waals surface area contributed by atoms with E-state index in [0.29, 0.717) is 5.69 Å². The van der Waals surface area contributed by atoms with Gasteiger partial charge < -0.3 is 15.7 Å². The molecule has 2 amide bonds. The van der Waals surface area contributed by atoms with Crippen molar-refractivity contribution < 1.29 is 14.7 Å². The van der Waals surface area contributed by atoms with Gasteiger partial charge in [0.15, 0.2) is 0 Å². The lowest BCUT2D eigenvalue weighted by Crippen LogP contribution is -2.38. The summed E-state index contributed by atoms with van der Waals surface area (Å²) >= 11 is 0. The number of carbonyl (C=O) groups is 2. The van der Waals surface area contributed by atoms with Crippen LogP contribution in [0.5, 0.6) is 0 Å². The molecule has 0 radical (unpaired) electrons. The number of benzene rings is 2. The number of hydrogen-bond acceptors (Lipinski definition) is 3. The van der Waals surface area contributed by atoms with Crippen LogP contribution in [0.25, 0.3) is 0 Å². The normalized spacial score (nSPS) is 11.0. The molecule has 0 fully saturated rings. The fourth-order valence-electron chi connectivity index (χ4n) is 1.94. The van der Waals surface area contributed by atoms with E-state index >= 15 is 0 Å². The summed E-state index contributed by atoms with van der Waals surface area (Å²) in [4.78, 5) is 23.6. The van der Waals surface area contributed by atoms with Gasteiger partial charge in [-0.25, -0.2) is 0 Å². The first-order chi connectivity index (χ1) is 12.1. The van der Waals surface area contributed by atoms with Gasteiger partial charge in [-0.3, -0.25) is 9.59 Å². The molecule has 1 atom stereocenters. The zero-order chi connectivity index (χ0) is 18.1. The van der Waals surface area contributed by atoms with Crippen molar-refractivity contribution in [2.75, 3.05) is 18.5 Å². The number of rotatable bonds is 4. The van der Waals surface area contributed by atoms with Crippen LogP contribution >= 0.6 is 0 Å². The third kappa shape index (κ3) is 6.13. The number of aliphatic hydroxyl groups is 1. The molecule has 0 aliphatic rings. The quantitative estimate of drug-likeness (QED) is 0.588. The molecule has 2 aromatic carbocycles. The monoisotopic (exact) mass is 336 g/mol. The smallest absolute Gasteiger partial charge is 0.313 e. The van der Waals surface area contributed by atoms with Gasteiger partial charge in [-0.1, -0.05) is 43.0 Å². The predicted molar refractivity (Wildman–Crippen MR) is 96.8 cm³/mol. The molecule has 0 spiro atoms. The molecule has 128 valence electrons. The molecule has 0 saturated carbocycles. The second-order valence-corrected chi connectivity index (χ2v) is 5.65. The topological polar surface area (TPSA) is 78.4 Å². The summed E-state index contributed by atoms with van der Waals surface area (Å²) in [5, 5.41) is 13.9. The minimum atomic E-state index is -0.752. The Morgan fingerprint density at radius 3 is 2.40 bits per heavy atom. The van der Waals surface area contributed by atoms with Crippen LogP contribution in [0.15, 0.2) is 54.6 Å². The number of amides is 2. The van der Waals surface area contributed by atoms with Gasteiger partial charge in [-0.15, -0.1) is 0 Å². The highest BCUT2D eigenvalue weighted by atomic mass is 16.3. The molecule has 2 aromatic rings. The van der Waals surface area contributed by atoms with Crippen LogP contribution in [0, 0.1) is 17.8 Å². The van der Waals surface area contributed by atoms with Crippen molar-refractivity contribution in [3.05, 3.63) is 65.7 Å². The van der Waals surface area contributed by atoms with Crippen LogP contribution in [-0.4, -0.2) is 30.1 Å². The number of anilines is 1. The van der Waals surface area contributed by atoms with Crippen molar-refractivity contribution in [3.63, 3.8) is 0 Å². The molecule has 0 aromatic heterocycles. The van der Waals surface area contributed by atoms with Crippen molar-refractivity contribution in [2.24, 2.45) is 5.92 Å². The van der Waals surface area contributed by atoms with Gasteiger partial charge in [0.1, 0.15) is 0 Å². The van der Waals surface area contributed by atoms with E-state index < -0.39 is 11.8 Å². The van der Waals surface area contributed by atoms with Crippen molar-refractivity contribution >= 4 is 17.5 Å². The van der Waals surface area contributed by atoms with Crippen LogP contribution in [0.3, 0.4) is 0 Å². The summed E-state index contributed by atoms with van der Waals surface area (Å²) in [7, 11) is 0. The molecule has 25 heavy (non-hydrogen) atoms. The highest BCUT2D eigenvalue weighted by Gasteiger charge is 2.14. The fraction of sp³-hybridized carbons (Fsp3) is 0.200. The van der Waals surface area contributed by atoms with Gasteiger partial charge in [-0.2, -0.15) is 0 Å². The Balaban J connectivity index is 1.98. The molecule has 2 rings (SSSR count). The van der Waals surface area contributed by atoms with Gasteiger partial charge >= 0.3 is 11.8 Å². The second-order valence-electron chi connectivity index (χ2n) is 5.65. The van der Waals surface area contributed by atoms with Crippen LogP contribution in [0.4, 0.5) is 5.69 Å². The van der Waals surface area contributed by atoms with Crippen molar-refractivity contribution in [1.82, 2.24) is 5.32 Å². The van der Waals surface area contributed by atoms with E-state index in [9.17, 15) is 9.59 Å². The molecule has 0 aliphatic heterocycles. The van der Waals surface area contributed by atoms with Crippen LogP contribution < -0.4 is 10.6 Å². The zero-order valence-corrected chi connectivity index (χ0v) is 14.0. The van der Waals surface area contributed by atoms with Crippen LogP contribution in [-0.2, 0) is 9.59 Å². The highest BCUT2D eigenvalue weighted by Crippen LogP contribution is 2.10. The highest BCUT2D eigenvalue weighted by molar-refractivity contribution is 6.39. The van der Waals surface area contributed by atoms with E-state index in [1.54, 1.807) is 25.1 Å². The summed E-state index contributed by atoms with van der Waals surface area (Å²) in [6.07, 6.45) is 0. The average molecular weight is 336 g/mol. The first kappa shape index (κ1) is 18.2. The zero-order valence-electron chi connectivity index (χ0n) is 14.0. The van der Waals surface area contributed by atoms with Gasteiger partial charge in [-0.05, 0) is 36.2 Å². The largest absolute Gasteiger partial charge is 0.396 e. The molecule has 0 heterocycles. The molecule has 5 heteroatoms. The standard InChI is InChI=1S/C20H20N2O3/c1-15(14-23)13-21-19(24)20(25)22-18-9-5-8-17(12-18)11-10-16-6-3-2-4-7-16/h2-9,12,15,23H,13-14H2,1H3,(H,21,24)(H,22,25). The summed E-state index contributed by atoms with van der Waals surface area (Å²) < 4.78 is 0. The Morgan fingerprint density at radius 2 is 1.68 bits per heavy atom. The number of hydrogen-bond donors (Lipinski definition) is 3. The maximum absolute atomic E-state index is 11.9. The molecule has 0 aliphatic carbocycles. The Morgan fingerprint density at radius 1 is 1.00 bits per heavy atom. The van der Waals surface area contributed by atoms with Gasteiger partial charge in [0.25, 0.3) is 0 Å². The first-order valence-electron chi connectivity index (χ1n) is 7.95. The Labute approximate surface area is 147 Å². The Hall–Kier alpha value is -3.10. The lowest BCUT2D eigenvalue weighted by atomic mass is 10.1. The number of aliphatic hydroxyl groups excluding tert-OH is 1. The van der Waals surface area contributed by atoms with E-state index in [4.69, 9.17) is 5.11 Å². The van der Waals surface area contributed by atoms with E-state index in [0.717, 1.165) is 11.1 Å². The molecule has 3 N–H and O–H groups in total. The molecule has 0 saturated heterocycles. The summed E-state index contributed by atoms with van der Waals surface area (Å²) in [6, 6.07) is 16.6. The Kier molecular flexibility index (Phi) is 6.76. The maximum Gasteiger partial charge on any atom is 0.313 e. The summed E-state index contributed by atoms with van der Waals surface area (Å²) in [5.74, 6) is 4.47. The lowest BCUT2D eigenvalue weighted by molar-refractivity contribution is -0.136. The minimum Gasteiger partial charge on any atom is -0.396 e. The molecular weight excluding hydrogens is 316 g/mol. The third-order valence-electron chi connectivity index (χ3n) is 3.37. The number of nitrogens with one attached hydrogen (secondary N) is 2. The Bertz CT molecular complexity index is 791. The third-order valence-corrected chi connectivity index (χ3v) is 3.37. The first-order valence-corrected chi connectivity index (χ1v) is 7.95. The van der Waals surface area contributed by atoms with Crippen LogP contribution in [0.1, 0.15) is 18.1 Å². The predicted octanol–water partition coefficient (Wildman–Crippen LogP) is 1.77. The van der Waals surface area contributed by atoms with E-state index in [2.05, 4.69) is 22.5 Å². The van der Waals surface area contributed by atoms with Crippen LogP contribution in [0.2, 0.25) is 0 Å². The second kappa shape index (κ2) is 9.26. The summed E-state index contributed by atoms with van der Waals surface area (Å²) in [5.41, 5.74) is 2.13. The SMILES string of the molecule is CC(CO)CNC(=O)C(=O)Nc1cccc(C#Cc2ccccc2)c1. The maximum atomic E-state index is 11.9. The molecule has 1 unspecified atom stereocenters. The van der Waals surface area contributed by atoms with Gasteiger partial charge in [0, 0.05) is 30.0 Å². The fourth-order valence-corrected chi connectivity index (χ4v) is 1.94. The lowest BCUT2D eigenvalue weighted by Gasteiger charge is -2.09. The average Bonchev–Trinajstić information content (AvgIpc) is 2.65. The van der Waals surface area contributed by atoms with Crippen molar-refractivity contribution in [2.45, 2.75) is 6.92 Å². The van der Waals surface area contributed by atoms with Gasteiger partial charge in [0.05, 0.1) is 0 Å². The minimum absolute atomic E-state index is 0.0516. The van der Waals surface area contributed by atoms with E-state index in [-0.39, 0.29) is 19.1 Å². The molecule has 0 bridgehead atoms. The number of carbonyl (C=O) groups excluding carboxylic acids is 2. The van der Waals surface area contributed by atoms with Gasteiger partial charge in [0.2, 0.25) is 0 Å². The van der Waals surface area contributed by atoms with Crippen molar-refractivity contribution in [3.8, 4) is 11.8 Å².